The summed E-state index contributed by atoms with van der Waals surface area (Å²) in [5.74, 6) is -6.08. The molecule has 1 aliphatic rings. The Kier molecular flexibility index (Phi) is 2.57. The summed E-state index contributed by atoms with van der Waals surface area (Å²) in [6.45, 7) is -0.160. The van der Waals surface area contributed by atoms with Crippen LogP contribution in [0.2, 0.25) is 0 Å². The van der Waals surface area contributed by atoms with Crippen molar-refractivity contribution in [2.24, 2.45) is 0 Å². The Hall–Kier alpha value is -1.59. The van der Waals surface area contributed by atoms with Gasteiger partial charge < -0.3 is 4.90 Å². The monoisotopic (exact) mass is 233 g/mol. The van der Waals surface area contributed by atoms with Crippen molar-refractivity contribution in [3.63, 3.8) is 0 Å². The number of hydrogen-bond acceptors (Lipinski definition) is 2. The Morgan fingerprint density at radius 3 is 2.06 bits per heavy atom. The number of ketones is 1. The van der Waals surface area contributed by atoms with Gasteiger partial charge in [0.25, 0.3) is 0 Å². The van der Waals surface area contributed by atoms with Gasteiger partial charge in [0.2, 0.25) is 0 Å². The molecule has 1 aromatic rings. The van der Waals surface area contributed by atoms with E-state index in [1.165, 1.54) is 0 Å². The van der Waals surface area contributed by atoms with Crippen LogP contribution in [0.25, 0.3) is 0 Å². The zero-order valence-corrected chi connectivity index (χ0v) is 8.07. The first-order valence-electron chi connectivity index (χ1n) is 4.60. The van der Waals surface area contributed by atoms with Crippen molar-refractivity contribution < 1.29 is 22.4 Å². The third-order valence-electron chi connectivity index (χ3n) is 2.43. The molecular formula is C10H7F4NO. The molecule has 1 aliphatic heterocycles. The van der Waals surface area contributed by atoms with E-state index in [1.807, 2.05) is 0 Å². The number of nitrogens with zero attached hydrogens (tertiary/aromatic N) is 1. The summed E-state index contributed by atoms with van der Waals surface area (Å²) in [4.78, 5) is 11.9. The summed E-state index contributed by atoms with van der Waals surface area (Å²) in [5, 5.41) is 0. The van der Waals surface area contributed by atoms with E-state index in [9.17, 15) is 22.4 Å². The Labute approximate surface area is 88.5 Å². The number of halogens is 4. The summed E-state index contributed by atoms with van der Waals surface area (Å²) in [6.07, 6.45) is 0.122. The highest BCUT2D eigenvalue weighted by atomic mass is 19.2. The lowest BCUT2D eigenvalue weighted by Gasteiger charge is -2.18. The number of Topliss-reactive ketones (excluding diaryl/α,β-unsaturated/α-hetero) is 1. The smallest absolute Gasteiger partial charge is 0.185 e. The normalized spacial score (nSPS) is 16.0. The second-order valence-corrected chi connectivity index (χ2v) is 3.53. The van der Waals surface area contributed by atoms with Gasteiger partial charge in [-0.3, -0.25) is 4.79 Å². The zero-order chi connectivity index (χ0) is 11.9. The Morgan fingerprint density at radius 2 is 1.62 bits per heavy atom. The number of anilines is 1. The van der Waals surface area contributed by atoms with Crippen LogP contribution in [-0.4, -0.2) is 18.9 Å². The number of carbonyl (C=O) groups is 1. The van der Waals surface area contributed by atoms with Crippen molar-refractivity contribution >= 4 is 11.5 Å². The first-order chi connectivity index (χ1) is 7.50. The number of hydrogen-bond donors (Lipinski definition) is 0. The standard InChI is InChI=1S/C10H7F4NO/c11-6-3-7(12)9(14)10(8(6)13)15-2-1-5(16)4-15/h3H,1-2,4H2. The Balaban J connectivity index is 2.51. The maximum absolute atomic E-state index is 13.3. The summed E-state index contributed by atoms with van der Waals surface area (Å²) in [5.41, 5.74) is -0.802. The Morgan fingerprint density at radius 1 is 1.06 bits per heavy atom. The predicted molar refractivity (Wildman–Crippen MR) is 48.1 cm³/mol. The fourth-order valence-electron chi connectivity index (χ4n) is 1.66. The van der Waals surface area contributed by atoms with E-state index < -0.39 is 29.0 Å². The molecule has 16 heavy (non-hydrogen) atoms. The molecule has 2 rings (SSSR count). The fraction of sp³-hybridized carbons (Fsp3) is 0.300. The molecule has 0 bridgehead atoms. The third kappa shape index (κ3) is 1.64. The molecule has 0 aromatic heterocycles. The molecule has 6 heteroatoms. The van der Waals surface area contributed by atoms with Crippen LogP contribution in [0.3, 0.4) is 0 Å². The van der Waals surface area contributed by atoms with E-state index in [4.69, 9.17) is 0 Å². The highest BCUT2D eigenvalue weighted by Gasteiger charge is 2.28. The van der Waals surface area contributed by atoms with E-state index in [0.717, 1.165) is 4.90 Å². The van der Waals surface area contributed by atoms with Crippen LogP contribution in [0, 0.1) is 23.3 Å². The van der Waals surface area contributed by atoms with Crippen LogP contribution in [0.1, 0.15) is 6.42 Å². The molecule has 0 radical (unpaired) electrons. The minimum absolute atomic E-state index is 0.0650. The number of carbonyl (C=O) groups excluding carboxylic acids is 1. The van der Waals surface area contributed by atoms with Crippen LogP contribution >= 0.6 is 0 Å². The average Bonchev–Trinajstić information content (AvgIpc) is 2.62. The van der Waals surface area contributed by atoms with Gasteiger partial charge in [0.1, 0.15) is 5.69 Å². The van der Waals surface area contributed by atoms with Crippen LogP contribution in [-0.2, 0) is 4.79 Å². The van der Waals surface area contributed by atoms with E-state index in [0.29, 0.717) is 0 Å². The second-order valence-electron chi connectivity index (χ2n) is 3.53. The lowest BCUT2D eigenvalue weighted by atomic mass is 10.2. The number of benzene rings is 1. The summed E-state index contributed by atoms with van der Waals surface area (Å²) < 4.78 is 52.3. The molecule has 1 heterocycles. The van der Waals surface area contributed by atoms with Gasteiger partial charge in [0.05, 0.1) is 6.54 Å². The lowest BCUT2D eigenvalue weighted by molar-refractivity contribution is -0.116. The largest absolute Gasteiger partial charge is 0.359 e. The van der Waals surface area contributed by atoms with Crippen molar-refractivity contribution in [2.75, 3.05) is 18.0 Å². The fourth-order valence-corrected chi connectivity index (χ4v) is 1.66. The van der Waals surface area contributed by atoms with Gasteiger partial charge >= 0.3 is 0 Å². The van der Waals surface area contributed by atoms with Gasteiger partial charge in [-0.15, -0.1) is 0 Å². The first-order valence-corrected chi connectivity index (χ1v) is 4.60. The Bertz CT molecular complexity index is 434. The highest BCUT2D eigenvalue weighted by Crippen LogP contribution is 2.29. The van der Waals surface area contributed by atoms with Gasteiger partial charge in [-0.25, -0.2) is 17.6 Å². The van der Waals surface area contributed by atoms with Crippen molar-refractivity contribution in [1.82, 2.24) is 0 Å². The molecule has 0 unspecified atom stereocenters. The third-order valence-corrected chi connectivity index (χ3v) is 2.43. The summed E-state index contributed by atoms with van der Waals surface area (Å²) in [7, 11) is 0. The van der Waals surface area contributed by atoms with Crippen LogP contribution in [0.4, 0.5) is 23.2 Å². The molecule has 0 spiro atoms. The molecule has 0 aliphatic carbocycles. The van der Waals surface area contributed by atoms with Crippen LogP contribution < -0.4 is 4.90 Å². The van der Waals surface area contributed by atoms with Crippen molar-refractivity contribution in [1.29, 1.82) is 0 Å². The minimum atomic E-state index is -1.46. The van der Waals surface area contributed by atoms with Crippen molar-refractivity contribution in [2.45, 2.75) is 6.42 Å². The van der Waals surface area contributed by atoms with Crippen molar-refractivity contribution in [3.8, 4) is 0 Å². The molecule has 0 amide bonds. The van der Waals surface area contributed by atoms with Crippen LogP contribution in [0.5, 0.6) is 0 Å². The molecule has 2 nitrogen and oxygen atoms in total. The van der Waals surface area contributed by atoms with E-state index in [2.05, 4.69) is 0 Å². The van der Waals surface area contributed by atoms with Gasteiger partial charge in [0.15, 0.2) is 29.1 Å². The molecule has 1 aromatic carbocycles. The molecule has 86 valence electrons. The van der Waals surface area contributed by atoms with Crippen LogP contribution in [0.15, 0.2) is 6.07 Å². The average molecular weight is 233 g/mol. The summed E-state index contributed by atoms with van der Waals surface area (Å²) in [6, 6.07) is 0.145. The maximum atomic E-state index is 13.3. The molecule has 0 atom stereocenters. The second kappa shape index (κ2) is 3.77. The topological polar surface area (TPSA) is 20.3 Å². The van der Waals surface area contributed by atoms with Crippen molar-refractivity contribution in [3.05, 3.63) is 29.3 Å². The SMILES string of the molecule is O=C1CCN(c2c(F)c(F)cc(F)c2F)C1. The van der Waals surface area contributed by atoms with Gasteiger partial charge in [-0.2, -0.15) is 0 Å². The minimum Gasteiger partial charge on any atom is -0.359 e. The lowest BCUT2D eigenvalue weighted by Crippen LogP contribution is -2.23. The maximum Gasteiger partial charge on any atom is 0.185 e. The molecule has 0 saturated carbocycles. The molecular weight excluding hydrogens is 226 g/mol. The van der Waals surface area contributed by atoms with E-state index in [1.54, 1.807) is 0 Å². The highest BCUT2D eigenvalue weighted by molar-refractivity contribution is 5.87. The van der Waals surface area contributed by atoms with E-state index in [-0.39, 0.29) is 31.4 Å². The zero-order valence-electron chi connectivity index (χ0n) is 8.07. The first kappa shape index (κ1) is 10.9. The van der Waals surface area contributed by atoms with Gasteiger partial charge in [-0.1, -0.05) is 0 Å². The van der Waals surface area contributed by atoms with Gasteiger partial charge in [0, 0.05) is 19.0 Å². The predicted octanol–water partition coefficient (Wildman–Crippen LogP) is 2.02. The molecule has 1 fully saturated rings. The number of rotatable bonds is 1. The molecule has 0 N–H and O–H groups in total. The molecule has 1 saturated heterocycles. The van der Waals surface area contributed by atoms with Gasteiger partial charge in [-0.05, 0) is 0 Å². The summed E-state index contributed by atoms with van der Waals surface area (Å²) >= 11 is 0. The quantitative estimate of drug-likeness (QED) is 0.546. The van der Waals surface area contributed by atoms with E-state index >= 15 is 0 Å².